The second-order valence-corrected chi connectivity index (χ2v) is 10.4. The lowest BCUT2D eigenvalue weighted by Gasteiger charge is -2.19. The Balaban J connectivity index is 2.64. The molecule has 2 nitrogen and oxygen atoms in total. The molecule has 1 rings (SSSR count). The summed E-state index contributed by atoms with van der Waals surface area (Å²) in [6, 6.07) is 10.3. The summed E-state index contributed by atoms with van der Waals surface area (Å²) in [5.41, 5.74) is 1.31. The van der Waals surface area contributed by atoms with Crippen LogP contribution in [-0.2, 0) is 16.0 Å². The zero-order chi connectivity index (χ0) is 13.6. The van der Waals surface area contributed by atoms with Gasteiger partial charge in [0.15, 0.2) is 0 Å². The lowest BCUT2D eigenvalue weighted by atomic mass is 10.1. The molecule has 0 atom stereocenters. The SMILES string of the molecule is CC(=O)O/C(=C\CCc1ccccc1)[Si](C)(C)C. The topological polar surface area (TPSA) is 26.3 Å². The Labute approximate surface area is 111 Å². The van der Waals surface area contributed by atoms with E-state index in [2.05, 4.69) is 37.8 Å². The third-order valence-electron chi connectivity index (χ3n) is 2.60. The first kappa shape index (κ1) is 14.7. The number of benzene rings is 1. The van der Waals surface area contributed by atoms with Gasteiger partial charge in [0.25, 0.3) is 0 Å². The summed E-state index contributed by atoms with van der Waals surface area (Å²) in [7, 11) is -1.57. The van der Waals surface area contributed by atoms with Crippen LogP contribution in [0.3, 0.4) is 0 Å². The molecular formula is C15H22O2Si. The molecule has 0 radical (unpaired) electrons. The molecule has 0 aliphatic heterocycles. The highest BCUT2D eigenvalue weighted by Crippen LogP contribution is 2.17. The highest BCUT2D eigenvalue weighted by atomic mass is 28.3. The molecule has 1 aromatic carbocycles. The van der Waals surface area contributed by atoms with Gasteiger partial charge >= 0.3 is 5.97 Å². The van der Waals surface area contributed by atoms with Crippen molar-refractivity contribution in [2.45, 2.75) is 39.4 Å². The average Bonchev–Trinajstić information content (AvgIpc) is 2.27. The highest BCUT2D eigenvalue weighted by Gasteiger charge is 2.22. The van der Waals surface area contributed by atoms with Gasteiger partial charge in [-0.3, -0.25) is 4.79 Å². The maximum Gasteiger partial charge on any atom is 0.307 e. The molecule has 0 aromatic heterocycles. The largest absolute Gasteiger partial charge is 0.437 e. The normalized spacial score (nSPS) is 12.3. The molecule has 1 aromatic rings. The van der Waals surface area contributed by atoms with Crippen molar-refractivity contribution >= 4 is 14.0 Å². The van der Waals surface area contributed by atoms with Gasteiger partial charge in [-0.2, -0.15) is 0 Å². The smallest absolute Gasteiger partial charge is 0.307 e. The van der Waals surface area contributed by atoms with E-state index in [1.165, 1.54) is 12.5 Å². The molecule has 0 amide bonds. The summed E-state index contributed by atoms with van der Waals surface area (Å²) in [5, 5.41) is 0.894. The van der Waals surface area contributed by atoms with E-state index in [-0.39, 0.29) is 5.97 Å². The van der Waals surface area contributed by atoms with Crippen LogP contribution in [0.5, 0.6) is 0 Å². The number of hydrogen-bond acceptors (Lipinski definition) is 2. The molecule has 0 spiro atoms. The number of rotatable bonds is 5. The van der Waals surface area contributed by atoms with E-state index in [1.54, 1.807) is 0 Å². The summed E-state index contributed by atoms with van der Waals surface area (Å²) < 4.78 is 5.34. The average molecular weight is 262 g/mol. The fraction of sp³-hybridized carbons (Fsp3) is 0.400. The molecule has 0 N–H and O–H groups in total. The number of hydrogen-bond donors (Lipinski definition) is 0. The molecule has 0 bridgehead atoms. The predicted octanol–water partition coefficient (Wildman–Crippen LogP) is 3.94. The molecule has 0 saturated heterocycles. The monoisotopic (exact) mass is 262 g/mol. The minimum absolute atomic E-state index is 0.219. The first-order valence-electron chi connectivity index (χ1n) is 6.32. The molecule has 0 saturated carbocycles. The second-order valence-electron chi connectivity index (χ2n) is 5.44. The third-order valence-corrected chi connectivity index (χ3v) is 4.38. The first-order chi connectivity index (χ1) is 8.39. The second kappa shape index (κ2) is 6.54. The van der Waals surface area contributed by atoms with Crippen molar-refractivity contribution in [2.24, 2.45) is 0 Å². The first-order valence-corrected chi connectivity index (χ1v) is 9.82. The summed E-state index contributed by atoms with van der Waals surface area (Å²) in [6.45, 7) is 8.02. The summed E-state index contributed by atoms with van der Waals surface area (Å²) in [6.07, 6.45) is 3.98. The molecule has 3 heteroatoms. The van der Waals surface area contributed by atoms with Gasteiger partial charge in [-0.05, 0) is 18.4 Å². The Kier molecular flexibility index (Phi) is 5.35. The van der Waals surface area contributed by atoms with E-state index in [0.717, 1.165) is 18.2 Å². The lowest BCUT2D eigenvalue weighted by Crippen LogP contribution is -2.27. The Morgan fingerprint density at radius 1 is 1.22 bits per heavy atom. The van der Waals surface area contributed by atoms with Crippen molar-refractivity contribution in [1.82, 2.24) is 0 Å². The van der Waals surface area contributed by atoms with Crippen LogP contribution in [0.1, 0.15) is 18.9 Å². The fourth-order valence-electron chi connectivity index (χ4n) is 1.67. The number of allylic oxidation sites excluding steroid dienone is 1. The molecule has 18 heavy (non-hydrogen) atoms. The maximum absolute atomic E-state index is 11.1. The van der Waals surface area contributed by atoms with Gasteiger partial charge in [0.05, 0.1) is 5.38 Å². The van der Waals surface area contributed by atoms with Crippen LogP contribution in [0.4, 0.5) is 0 Å². The van der Waals surface area contributed by atoms with Gasteiger partial charge < -0.3 is 4.74 Å². The van der Waals surface area contributed by atoms with Gasteiger partial charge in [0.2, 0.25) is 0 Å². The number of carbonyl (C=O) groups is 1. The third kappa shape index (κ3) is 5.32. The molecule has 0 aliphatic carbocycles. The van der Waals surface area contributed by atoms with Gasteiger partial charge in [0, 0.05) is 6.92 Å². The van der Waals surface area contributed by atoms with Crippen LogP contribution < -0.4 is 0 Å². The van der Waals surface area contributed by atoms with Gasteiger partial charge in [-0.15, -0.1) is 0 Å². The zero-order valence-corrected chi connectivity index (χ0v) is 12.7. The van der Waals surface area contributed by atoms with Gasteiger partial charge in [-0.1, -0.05) is 56.0 Å². The molecule has 0 unspecified atom stereocenters. The highest BCUT2D eigenvalue weighted by molar-refractivity contribution is 6.82. The van der Waals surface area contributed by atoms with Crippen LogP contribution in [0.15, 0.2) is 41.8 Å². The Morgan fingerprint density at radius 2 is 1.83 bits per heavy atom. The van der Waals surface area contributed by atoms with Crippen LogP contribution in [-0.4, -0.2) is 14.0 Å². The predicted molar refractivity (Wildman–Crippen MR) is 78.0 cm³/mol. The maximum atomic E-state index is 11.1. The Morgan fingerprint density at radius 3 is 2.33 bits per heavy atom. The van der Waals surface area contributed by atoms with E-state index in [0.29, 0.717) is 0 Å². The Bertz CT molecular complexity index is 416. The molecule has 0 aliphatic rings. The zero-order valence-electron chi connectivity index (χ0n) is 11.7. The molecule has 98 valence electrons. The standard InChI is InChI=1S/C15H22O2Si/c1-13(16)17-15(18(2,3)4)12-8-11-14-9-6-5-7-10-14/h5-7,9-10,12H,8,11H2,1-4H3/b15-12+. The van der Waals surface area contributed by atoms with Crippen LogP contribution in [0, 0.1) is 0 Å². The lowest BCUT2D eigenvalue weighted by molar-refractivity contribution is -0.136. The summed E-state index contributed by atoms with van der Waals surface area (Å²) in [4.78, 5) is 11.1. The van der Waals surface area contributed by atoms with Crippen molar-refractivity contribution in [2.75, 3.05) is 0 Å². The van der Waals surface area contributed by atoms with E-state index in [9.17, 15) is 4.79 Å². The van der Waals surface area contributed by atoms with Gasteiger partial charge in [0.1, 0.15) is 8.07 Å². The van der Waals surface area contributed by atoms with E-state index in [4.69, 9.17) is 4.74 Å². The number of carbonyl (C=O) groups excluding carboxylic acids is 1. The summed E-state index contributed by atoms with van der Waals surface area (Å²) >= 11 is 0. The fourth-order valence-corrected chi connectivity index (χ4v) is 2.88. The van der Waals surface area contributed by atoms with Crippen molar-refractivity contribution < 1.29 is 9.53 Å². The molecule has 0 heterocycles. The Hall–Kier alpha value is -1.35. The van der Waals surface area contributed by atoms with Gasteiger partial charge in [-0.25, -0.2) is 0 Å². The van der Waals surface area contributed by atoms with Crippen LogP contribution >= 0.6 is 0 Å². The van der Waals surface area contributed by atoms with Crippen molar-refractivity contribution in [3.63, 3.8) is 0 Å². The molecular weight excluding hydrogens is 240 g/mol. The number of esters is 1. The summed E-state index contributed by atoms with van der Waals surface area (Å²) in [5.74, 6) is -0.219. The van der Waals surface area contributed by atoms with Crippen LogP contribution in [0.25, 0.3) is 0 Å². The minimum Gasteiger partial charge on any atom is -0.437 e. The van der Waals surface area contributed by atoms with E-state index < -0.39 is 8.07 Å². The minimum atomic E-state index is -1.57. The van der Waals surface area contributed by atoms with E-state index in [1.807, 2.05) is 18.2 Å². The number of aryl methyl sites for hydroxylation is 1. The van der Waals surface area contributed by atoms with E-state index >= 15 is 0 Å². The van der Waals surface area contributed by atoms with Crippen molar-refractivity contribution in [3.05, 3.63) is 47.4 Å². The molecule has 0 fully saturated rings. The van der Waals surface area contributed by atoms with Crippen molar-refractivity contribution in [1.29, 1.82) is 0 Å². The number of ether oxygens (including phenoxy) is 1. The van der Waals surface area contributed by atoms with Crippen LogP contribution in [0.2, 0.25) is 19.6 Å². The van der Waals surface area contributed by atoms with Crippen molar-refractivity contribution in [3.8, 4) is 0 Å². The quantitative estimate of drug-likeness (QED) is 0.456.